The van der Waals surface area contributed by atoms with E-state index in [1.165, 1.54) is 5.56 Å². The molecule has 0 saturated heterocycles. The van der Waals surface area contributed by atoms with Crippen molar-refractivity contribution >= 4 is 0 Å². The minimum absolute atomic E-state index is 0. The van der Waals surface area contributed by atoms with Crippen molar-refractivity contribution < 1.29 is 24.5 Å². The quantitative estimate of drug-likeness (QED) is 0.395. The van der Waals surface area contributed by atoms with Gasteiger partial charge in [0.05, 0.1) is 12.5 Å². The molecule has 0 amide bonds. The molecule has 2 aromatic carbocycles. The fraction of sp³-hybridized carbons (Fsp3) is 0.0526. The second-order valence-corrected chi connectivity index (χ2v) is 4.82. The summed E-state index contributed by atoms with van der Waals surface area (Å²) in [6, 6.07) is 21.6. The first-order chi connectivity index (χ1) is 11.3. The molecule has 5 heteroatoms. The maximum absolute atomic E-state index is 5.08. The minimum Gasteiger partial charge on any atom is -0.489 e. The van der Waals surface area contributed by atoms with Gasteiger partial charge < -0.3 is 4.42 Å². The van der Waals surface area contributed by atoms with Crippen LogP contribution >= 0.6 is 0 Å². The van der Waals surface area contributed by atoms with E-state index in [2.05, 4.69) is 22.2 Å². The molecule has 4 aromatic rings. The summed E-state index contributed by atoms with van der Waals surface area (Å²) in [5.41, 5.74) is 3.08. The molecule has 4 rings (SSSR count). The summed E-state index contributed by atoms with van der Waals surface area (Å²) in [6.07, 6.45) is 6.83. The summed E-state index contributed by atoms with van der Waals surface area (Å²) >= 11 is 0. The molecule has 1 radical (unpaired) electrons. The SMILES string of the molecule is Cc1c[c-]c(-n2cccn2)cc1.[Ir].[c-]1ccccc1-c1ncco1. The van der Waals surface area contributed by atoms with Crippen molar-refractivity contribution in [1.29, 1.82) is 0 Å². The summed E-state index contributed by atoms with van der Waals surface area (Å²) in [5, 5.41) is 4.10. The van der Waals surface area contributed by atoms with Crippen LogP contribution in [0.2, 0.25) is 0 Å². The van der Waals surface area contributed by atoms with Crippen molar-refractivity contribution in [1.82, 2.24) is 14.8 Å². The molecule has 123 valence electrons. The van der Waals surface area contributed by atoms with Crippen LogP contribution in [-0.4, -0.2) is 14.8 Å². The minimum atomic E-state index is 0. The van der Waals surface area contributed by atoms with E-state index in [0.29, 0.717) is 5.89 Å². The molecule has 0 fully saturated rings. The first kappa shape index (κ1) is 17.9. The van der Waals surface area contributed by atoms with Crippen molar-refractivity contribution in [2.24, 2.45) is 0 Å². The van der Waals surface area contributed by atoms with Gasteiger partial charge in [0.2, 0.25) is 0 Å². The molecule has 0 unspecified atom stereocenters. The Kier molecular flexibility index (Phi) is 6.67. The van der Waals surface area contributed by atoms with E-state index < -0.39 is 0 Å². The van der Waals surface area contributed by atoms with E-state index in [9.17, 15) is 0 Å². The molecule has 0 aliphatic carbocycles. The Labute approximate surface area is 154 Å². The zero-order valence-electron chi connectivity index (χ0n) is 13.0. The van der Waals surface area contributed by atoms with Crippen LogP contribution in [0.25, 0.3) is 17.1 Å². The predicted molar refractivity (Wildman–Crippen MR) is 87.9 cm³/mol. The van der Waals surface area contributed by atoms with Gasteiger partial charge in [-0.1, -0.05) is 12.5 Å². The van der Waals surface area contributed by atoms with Crippen molar-refractivity contribution in [3.8, 4) is 17.1 Å². The normalized spacial score (nSPS) is 9.54. The van der Waals surface area contributed by atoms with Gasteiger partial charge in [-0.3, -0.25) is 9.67 Å². The van der Waals surface area contributed by atoms with Crippen LogP contribution in [-0.2, 0) is 20.1 Å². The molecule has 2 aromatic heterocycles. The van der Waals surface area contributed by atoms with Gasteiger partial charge in [0, 0.05) is 32.5 Å². The molecule has 0 bridgehead atoms. The van der Waals surface area contributed by atoms with Gasteiger partial charge in [-0.15, -0.1) is 36.4 Å². The summed E-state index contributed by atoms with van der Waals surface area (Å²) in [5.74, 6) is 0.616. The van der Waals surface area contributed by atoms with Crippen LogP contribution in [0, 0.1) is 19.1 Å². The average Bonchev–Trinajstić information content (AvgIpc) is 3.31. The molecule has 0 atom stereocenters. The zero-order chi connectivity index (χ0) is 15.9. The average molecular weight is 494 g/mol. The van der Waals surface area contributed by atoms with Crippen LogP contribution in [0.4, 0.5) is 0 Å². The second kappa shape index (κ2) is 8.96. The molecule has 4 nitrogen and oxygen atoms in total. The Morgan fingerprint density at radius 1 is 1.04 bits per heavy atom. The van der Waals surface area contributed by atoms with Gasteiger partial charge in [0.15, 0.2) is 0 Å². The van der Waals surface area contributed by atoms with Crippen molar-refractivity contribution in [2.45, 2.75) is 6.92 Å². The number of hydrogen-bond acceptors (Lipinski definition) is 3. The number of hydrogen-bond donors (Lipinski definition) is 0. The third kappa shape index (κ3) is 4.75. The molecule has 0 aliphatic rings. The molecule has 24 heavy (non-hydrogen) atoms. The van der Waals surface area contributed by atoms with Gasteiger partial charge in [-0.05, 0) is 11.8 Å². The Morgan fingerprint density at radius 3 is 2.54 bits per heavy atom. The summed E-state index contributed by atoms with van der Waals surface area (Å²) in [6.45, 7) is 2.05. The molecule has 0 saturated carbocycles. The van der Waals surface area contributed by atoms with Crippen LogP contribution in [0.3, 0.4) is 0 Å². The number of aromatic nitrogens is 3. The third-order valence-corrected chi connectivity index (χ3v) is 3.07. The molecule has 2 heterocycles. The molecular weight excluding hydrogens is 478 g/mol. The number of nitrogens with zero attached hydrogens (tertiary/aromatic N) is 3. The first-order valence-corrected chi connectivity index (χ1v) is 7.18. The van der Waals surface area contributed by atoms with E-state index >= 15 is 0 Å². The Morgan fingerprint density at radius 2 is 1.96 bits per heavy atom. The monoisotopic (exact) mass is 494 g/mol. The molecular formula is C19H15IrN3O-2. The van der Waals surface area contributed by atoms with Gasteiger partial charge in [0.1, 0.15) is 5.89 Å². The van der Waals surface area contributed by atoms with Crippen LogP contribution < -0.4 is 0 Å². The first-order valence-electron chi connectivity index (χ1n) is 7.18. The van der Waals surface area contributed by atoms with E-state index in [1.54, 1.807) is 23.3 Å². The fourth-order valence-electron chi connectivity index (χ4n) is 1.93. The van der Waals surface area contributed by atoms with Crippen LogP contribution in [0.1, 0.15) is 5.56 Å². The maximum atomic E-state index is 5.08. The number of benzene rings is 2. The van der Waals surface area contributed by atoms with Gasteiger partial charge >= 0.3 is 0 Å². The van der Waals surface area contributed by atoms with Crippen molar-refractivity contribution in [3.63, 3.8) is 0 Å². The van der Waals surface area contributed by atoms with E-state index in [-0.39, 0.29) is 20.1 Å². The van der Waals surface area contributed by atoms with Gasteiger partial charge in [-0.2, -0.15) is 28.9 Å². The van der Waals surface area contributed by atoms with E-state index in [0.717, 1.165) is 11.3 Å². The van der Waals surface area contributed by atoms with Gasteiger partial charge in [0.25, 0.3) is 0 Å². The summed E-state index contributed by atoms with van der Waals surface area (Å²) < 4.78 is 6.87. The summed E-state index contributed by atoms with van der Waals surface area (Å²) in [4.78, 5) is 3.99. The zero-order valence-corrected chi connectivity index (χ0v) is 15.4. The Bertz CT molecular complexity index is 811. The molecule has 0 spiro atoms. The topological polar surface area (TPSA) is 43.9 Å². The largest absolute Gasteiger partial charge is 0.489 e. The van der Waals surface area contributed by atoms with E-state index in [4.69, 9.17) is 4.42 Å². The van der Waals surface area contributed by atoms with Crippen molar-refractivity contribution in [2.75, 3.05) is 0 Å². The smallest absolute Gasteiger partial charge is 0.140 e. The molecule has 0 N–H and O–H groups in total. The third-order valence-electron chi connectivity index (χ3n) is 3.07. The van der Waals surface area contributed by atoms with Crippen molar-refractivity contribution in [3.05, 3.63) is 91.1 Å². The number of oxazole rings is 1. The number of rotatable bonds is 2. The maximum Gasteiger partial charge on any atom is 0.140 e. The standard InChI is InChI=1S/C10H9N2.C9H6NO.Ir/c1-9-3-5-10(6-4-9)12-8-2-7-11-12;1-2-4-8(5-3-1)9-10-6-7-11-9;/h2-5,7-8H,1H3;1-4,6-7H;/q2*-1;. The Balaban J connectivity index is 0.000000167. The van der Waals surface area contributed by atoms with Gasteiger partial charge in [-0.25, -0.2) is 0 Å². The predicted octanol–water partition coefficient (Wildman–Crippen LogP) is 4.12. The fourth-order valence-corrected chi connectivity index (χ4v) is 1.93. The second-order valence-electron chi connectivity index (χ2n) is 4.82. The van der Waals surface area contributed by atoms with Crippen LogP contribution in [0.5, 0.6) is 0 Å². The molecule has 0 aliphatic heterocycles. The van der Waals surface area contributed by atoms with Crippen LogP contribution in [0.15, 0.2) is 77.8 Å². The number of aryl methyl sites for hydroxylation is 1. The van der Waals surface area contributed by atoms with E-state index in [1.807, 2.05) is 61.7 Å². The summed E-state index contributed by atoms with van der Waals surface area (Å²) in [7, 11) is 0. The Hall–Kier alpha value is -2.49.